The van der Waals surface area contributed by atoms with Crippen LogP contribution in [0.2, 0.25) is 0 Å². The van der Waals surface area contributed by atoms with E-state index in [-0.39, 0.29) is 5.91 Å². The molecular formula is C19H22N2O3S. The van der Waals surface area contributed by atoms with E-state index in [0.29, 0.717) is 17.4 Å². The van der Waals surface area contributed by atoms with E-state index in [0.717, 1.165) is 41.1 Å². The normalized spacial score (nSPS) is 24.9. The number of carbonyl (C=O) groups excluding carboxylic acids is 1. The Morgan fingerprint density at radius 1 is 1.20 bits per heavy atom. The lowest BCUT2D eigenvalue weighted by molar-refractivity contribution is 0.0855. The molecule has 2 N–H and O–H groups in total. The van der Waals surface area contributed by atoms with Crippen molar-refractivity contribution in [1.82, 2.24) is 4.90 Å². The van der Waals surface area contributed by atoms with Crippen LogP contribution in [0.4, 0.5) is 0 Å². The monoisotopic (exact) mass is 358 g/mol. The van der Waals surface area contributed by atoms with Gasteiger partial charge >= 0.3 is 0 Å². The van der Waals surface area contributed by atoms with Crippen LogP contribution in [0.15, 0.2) is 30.3 Å². The second-order valence-electron chi connectivity index (χ2n) is 6.74. The molecule has 3 aliphatic rings. The number of piperidine rings is 3. The number of rotatable bonds is 5. The Kier molecular flexibility index (Phi) is 4.39. The smallest absolute Gasteiger partial charge is 0.248 e. The predicted octanol–water partition coefficient (Wildman–Crippen LogP) is 3.46. The summed E-state index contributed by atoms with van der Waals surface area (Å²) in [4.78, 5) is 14.4. The molecule has 6 heteroatoms. The third-order valence-corrected chi connectivity index (χ3v) is 6.24. The molecule has 5 nitrogen and oxygen atoms in total. The molecule has 1 aromatic heterocycles. The molecule has 3 aliphatic heterocycles. The number of thiophene rings is 1. The third kappa shape index (κ3) is 3.24. The topological polar surface area (TPSA) is 64.8 Å². The molecule has 132 valence electrons. The number of carbonyl (C=O) groups is 1. The number of nitrogens with two attached hydrogens (primary N) is 1. The van der Waals surface area contributed by atoms with Crippen molar-refractivity contribution in [2.24, 2.45) is 11.7 Å². The van der Waals surface area contributed by atoms with Crippen molar-refractivity contribution in [3.8, 4) is 15.9 Å². The maximum Gasteiger partial charge on any atom is 0.248 e. The van der Waals surface area contributed by atoms with Crippen LogP contribution >= 0.6 is 11.3 Å². The molecule has 0 radical (unpaired) electrons. The Morgan fingerprint density at radius 3 is 2.56 bits per heavy atom. The highest BCUT2D eigenvalue weighted by molar-refractivity contribution is 7.15. The van der Waals surface area contributed by atoms with Gasteiger partial charge in [0, 0.05) is 18.0 Å². The second-order valence-corrected chi connectivity index (χ2v) is 7.75. The first kappa shape index (κ1) is 16.4. The summed E-state index contributed by atoms with van der Waals surface area (Å²) >= 11 is 1.45. The summed E-state index contributed by atoms with van der Waals surface area (Å²) in [6.07, 6.45) is 2.38. The fourth-order valence-corrected chi connectivity index (χ4v) is 4.73. The van der Waals surface area contributed by atoms with Crippen LogP contribution in [-0.4, -0.2) is 37.6 Å². The standard InChI is InChI=1S/C19H22N2O3S/c1-23-17-4-5-18(25-17)24-13-2-3-14(19(20)22)15(10-13)16-11-21-8-6-12(16)7-9-21/h2-5,10,12,16H,6-9,11H2,1H3,(H2,20,22). The van der Waals surface area contributed by atoms with Crippen molar-refractivity contribution in [3.63, 3.8) is 0 Å². The number of methoxy groups -OCH3 is 1. The first-order valence-corrected chi connectivity index (χ1v) is 9.43. The fraction of sp³-hybridized carbons (Fsp3) is 0.421. The third-order valence-electron chi connectivity index (χ3n) is 5.32. The lowest BCUT2D eigenvalue weighted by atomic mass is 9.74. The van der Waals surface area contributed by atoms with E-state index >= 15 is 0 Å². The molecule has 0 saturated carbocycles. The van der Waals surface area contributed by atoms with E-state index in [9.17, 15) is 4.79 Å². The Morgan fingerprint density at radius 2 is 1.96 bits per heavy atom. The first-order valence-electron chi connectivity index (χ1n) is 8.62. The van der Waals surface area contributed by atoms with Crippen molar-refractivity contribution in [2.75, 3.05) is 26.7 Å². The lowest BCUT2D eigenvalue weighted by Gasteiger charge is -2.45. The van der Waals surface area contributed by atoms with Gasteiger partial charge in [-0.15, -0.1) is 0 Å². The molecule has 25 heavy (non-hydrogen) atoms. The molecule has 1 aromatic carbocycles. The molecule has 3 fully saturated rings. The van der Waals surface area contributed by atoms with Crippen LogP contribution in [0.5, 0.6) is 15.9 Å². The summed E-state index contributed by atoms with van der Waals surface area (Å²) in [7, 11) is 1.64. The van der Waals surface area contributed by atoms with Crippen LogP contribution in [0.25, 0.3) is 0 Å². The molecule has 2 bridgehead atoms. The summed E-state index contributed by atoms with van der Waals surface area (Å²) in [5, 5.41) is 1.57. The largest absolute Gasteiger partial charge is 0.487 e. The SMILES string of the molecule is COc1ccc(Oc2ccc(C(N)=O)c(C3CN4CCC3CC4)c2)s1. The Balaban J connectivity index is 1.65. The summed E-state index contributed by atoms with van der Waals surface area (Å²) in [6.45, 7) is 3.33. The van der Waals surface area contributed by atoms with E-state index in [2.05, 4.69) is 4.90 Å². The van der Waals surface area contributed by atoms with Gasteiger partial charge in [0.2, 0.25) is 5.91 Å². The van der Waals surface area contributed by atoms with Gasteiger partial charge in [0.25, 0.3) is 0 Å². The van der Waals surface area contributed by atoms with Crippen molar-refractivity contribution in [1.29, 1.82) is 0 Å². The number of fused-ring (bicyclic) bond motifs is 3. The number of benzene rings is 1. The van der Waals surface area contributed by atoms with Gasteiger partial charge in [-0.1, -0.05) is 11.3 Å². The Hall–Kier alpha value is -2.05. The highest BCUT2D eigenvalue weighted by Crippen LogP contribution is 2.42. The Bertz CT molecular complexity index is 781. The minimum absolute atomic E-state index is 0.353. The van der Waals surface area contributed by atoms with Gasteiger partial charge in [-0.3, -0.25) is 4.79 Å². The molecule has 1 unspecified atom stereocenters. The maximum absolute atomic E-state index is 11.9. The number of primary amides is 1. The van der Waals surface area contributed by atoms with Gasteiger partial charge in [-0.25, -0.2) is 0 Å². The van der Waals surface area contributed by atoms with Crippen LogP contribution in [0.3, 0.4) is 0 Å². The number of hydrogen-bond acceptors (Lipinski definition) is 5. The van der Waals surface area contributed by atoms with Crippen molar-refractivity contribution in [3.05, 3.63) is 41.5 Å². The minimum atomic E-state index is -0.365. The maximum atomic E-state index is 11.9. The molecule has 1 atom stereocenters. The quantitative estimate of drug-likeness (QED) is 0.889. The highest BCUT2D eigenvalue weighted by Gasteiger charge is 2.36. The summed E-state index contributed by atoms with van der Waals surface area (Å²) in [6, 6.07) is 9.39. The average molecular weight is 358 g/mol. The van der Waals surface area contributed by atoms with Gasteiger partial charge in [0.1, 0.15) is 5.75 Å². The fourth-order valence-electron chi connectivity index (χ4n) is 4.04. The molecule has 5 rings (SSSR count). The van der Waals surface area contributed by atoms with E-state index in [4.69, 9.17) is 15.2 Å². The second kappa shape index (κ2) is 6.69. The lowest BCUT2D eigenvalue weighted by Crippen LogP contribution is -2.46. The highest BCUT2D eigenvalue weighted by atomic mass is 32.1. The molecule has 0 spiro atoms. The first-order chi connectivity index (χ1) is 12.1. The number of hydrogen-bond donors (Lipinski definition) is 1. The van der Waals surface area contributed by atoms with Crippen LogP contribution in [0.1, 0.15) is 34.7 Å². The molecular weight excluding hydrogens is 336 g/mol. The molecule has 0 aliphatic carbocycles. The zero-order valence-electron chi connectivity index (χ0n) is 14.2. The Labute approximate surface area is 151 Å². The molecule has 2 aromatic rings. The average Bonchev–Trinajstić information content (AvgIpc) is 3.10. The van der Waals surface area contributed by atoms with E-state index in [1.807, 2.05) is 24.3 Å². The predicted molar refractivity (Wildman–Crippen MR) is 97.8 cm³/mol. The van der Waals surface area contributed by atoms with Gasteiger partial charge in [0.05, 0.1) is 7.11 Å². The van der Waals surface area contributed by atoms with Gasteiger partial charge in [-0.05, 0) is 67.7 Å². The number of amides is 1. The van der Waals surface area contributed by atoms with Gasteiger partial charge < -0.3 is 20.1 Å². The zero-order valence-corrected chi connectivity index (χ0v) is 15.1. The zero-order chi connectivity index (χ0) is 17.4. The van der Waals surface area contributed by atoms with Crippen molar-refractivity contribution in [2.45, 2.75) is 18.8 Å². The summed E-state index contributed by atoms with van der Waals surface area (Å²) < 4.78 is 11.2. The van der Waals surface area contributed by atoms with Crippen molar-refractivity contribution < 1.29 is 14.3 Å². The van der Waals surface area contributed by atoms with Crippen LogP contribution in [0, 0.1) is 5.92 Å². The summed E-state index contributed by atoms with van der Waals surface area (Å²) in [5.41, 5.74) is 7.29. The van der Waals surface area contributed by atoms with Gasteiger partial charge in [0.15, 0.2) is 10.1 Å². The van der Waals surface area contributed by atoms with E-state index in [1.165, 1.54) is 24.2 Å². The van der Waals surface area contributed by atoms with Gasteiger partial charge in [-0.2, -0.15) is 0 Å². The summed E-state index contributed by atoms with van der Waals surface area (Å²) in [5.74, 6) is 1.35. The van der Waals surface area contributed by atoms with Crippen LogP contribution in [-0.2, 0) is 0 Å². The number of ether oxygens (including phenoxy) is 2. The van der Waals surface area contributed by atoms with Crippen molar-refractivity contribution >= 4 is 17.2 Å². The molecule has 4 heterocycles. The minimum Gasteiger partial charge on any atom is -0.487 e. The van der Waals surface area contributed by atoms with Crippen LogP contribution < -0.4 is 15.2 Å². The number of nitrogens with zero attached hydrogens (tertiary/aromatic N) is 1. The van der Waals surface area contributed by atoms with E-state index in [1.54, 1.807) is 13.2 Å². The molecule has 3 saturated heterocycles. The molecule has 1 amide bonds. The van der Waals surface area contributed by atoms with E-state index < -0.39 is 0 Å².